The first-order valence-electron chi connectivity index (χ1n) is 16.2. The highest BCUT2D eigenvalue weighted by atomic mass is 16.4. The Kier molecular flexibility index (Phi) is 5.29. The van der Waals surface area contributed by atoms with Crippen LogP contribution in [0.2, 0.25) is 0 Å². The van der Waals surface area contributed by atoms with E-state index in [9.17, 15) is 0 Å². The molecule has 0 radical (unpaired) electrons. The smallest absolute Gasteiger partial charge is 0.228 e. The first-order valence-corrected chi connectivity index (χ1v) is 16.2. The third-order valence-electron chi connectivity index (χ3n) is 9.51. The summed E-state index contributed by atoms with van der Waals surface area (Å²) in [6.45, 7) is 0. The van der Waals surface area contributed by atoms with Crippen molar-refractivity contribution in [3.8, 4) is 11.5 Å². The summed E-state index contributed by atoms with van der Waals surface area (Å²) in [5.41, 5.74) is 10.2. The number of benzene rings is 7. The van der Waals surface area contributed by atoms with Crippen LogP contribution in [0.5, 0.6) is 0 Å². The lowest BCUT2D eigenvalue weighted by Crippen LogP contribution is -2.10. The van der Waals surface area contributed by atoms with Crippen molar-refractivity contribution in [1.82, 2.24) is 4.98 Å². The number of fused-ring (bicyclic) bond motifs is 10. The van der Waals surface area contributed by atoms with Crippen LogP contribution in [0.15, 0.2) is 163 Å². The van der Waals surface area contributed by atoms with Gasteiger partial charge >= 0.3 is 0 Å². The van der Waals surface area contributed by atoms with Crippen molar-refractivity contribution < 1.29 is 17.7 Å². The van der Waals surface area contributed by atoms with Crippen LogP contribution in [-0.2, 0) is 0 Å². The van der Waals surface area contributed by atoms with Gasteiger partial charge in [-0.3, -0.25) is 0 Å². The summed E-state index contributed by atoms with van der Waals surface area (Å²) in [5.74, 6) is 0.567. The number of para-hydroxylation sites is 5. The molecule has 4 heterocycles. The van der Waals surface area contributed by atoms with Crippen LogP contribution in [0.4, 0.5) is 17.1 Å². The van der Waals surface area contributed by atoms with E-state index in [1.54, 1.807) is 0 Å². The maximum absolute atomic E-state index is 6.57. The fourth-order valence-corrected chi connectivity index (χ4v) is 7.31. The molecule has 0 spiro atoms. The van der Waals surface area contributed by atoms with Gasteiger partial charge in [0.05, 0.1) is 11.4 Å². The van der Waals surface area contributed by atoms with Gasteiger partial charge in [-0.1, -0.05) is 66.7 Å². The van der Waals surface area contributed by atoms with E-state index in [2.05, 4.69) is 65.6 Å². The monoisotopic (exact) mass is 632 g/mol. The molecule has 4 aromatic heterocycles. The van der Waals surface area contributed by atoms with E-state index < -0.39 is 0 Å². The third kappa shape index (κ3) is 3.85. The highest BCUT2D eigenvalue weighted by Crippen LogP contribution is 2.45. The predicted molar refractivity (Wildman–Crippen MR) is 196 cm³/mol. The van der Waals surface area contributed by atoms with Crippen LogP contribution in [-0.4, -0.2) is 4.98 Å². The minimum absolute atomic E-state index is 0.567. The van der Waals surface area contributed by atoms with Crippen molar-refractivity contribution in [1.29, 1.82) is 0 Å². The van der Waals surface area contributed by atoms with Crippen molar-refractivity contribution in [3.05, 3.63) is 146 Å². The summed E-state index contributed by atoms with van der Waals surface area (Å²) < 4.78 is 25.5. The Balaban J connectivity index is 1.15. The Labute approximate surface area is 278 Å². The van der Waals surface area contributed by atoms with Crippen LogP contribution in [0.1, 0.15) is 0 Å². The third-order valence-corrected chi connectivity index (χ3v) is 9.51. The Bertz CT molecular complexity index is 3050. The SMILES string of the molecule is c1ccc2oc(-c3cccc4oc5cc(N(c6ccc7oc8ccccc8c7c6)c6cccc7c6oc6ccccc67)ccc5c34)nc2c1. The van der Waals surface area contributed by atoms with Crippen LogP contribution >= 0.6 is 0 Å². The van der Waals surface area contributed by atoms with Gasteiger partial charge in [0, 0.05) is 49.6 Å². The normalized spacial score (nSPS) is 12.1. The fourth-order valence-electron chi connectivity index (χ4n) is 7.31. The molecule has 0 bridgehead atoms. The standard InChI is InChI=1S/C43H24N2O4/c1-5-16-36-27(9-1)29-11-7-14-34(42(29)48-36)45(25-20-22-37-32(23-25)28-10-2-4-15-35(28)46-37)26-19-21-30-40(24-26)47-39-18-8-12-31(41(30)39)43-44-33-13-3-6-17-38(33)49-43/h1-24H. The van der Waals surface area contributed by atoms with E-state index in [-0.39, 0.29) is 0 Å². The summed E-state index contributed by atoms with van der Waals surface area (Å²) in [6.07, 6.45) is 0. The van der Waals surface area contributed by atoms with Crippen molar-refractivity contribution in [2.24, 2.45) is 0 Å². The minimum atomic E-state index is 0.567. The van der Waals surface area contributed by atoms with Gasteiger partial charge in [-0.05, 0) is 72.8 Å². The van der Waals surface area contributed by atoms with Gasteiger partial charge in [0.15, 0.2) is 11.2 Å². The van der Waals surface area contributed by atoms with Gasteiger partial charge in [-0.15, -0.1) is 0 Å². The quantitative estimate of drug-likeness (QED) is 0.192. The first kappa shape index (κ1) is 26.3. The number of furan rings is 3. The van der Waals surface area contributed by atoms with Crippen molar-refractivity contribution in [2.45, 2.75) is 0 Å². The summed E-state index contributed by atoms with van der Waals surface area (Å²) in [6, 6.07) is 49.2. The van der Waals surface area contributed by atoms with Crippen LogP contribution < -0.4 is 4.90 Å². The molecule has 230 valence electrons. The average Bonchev–Trinajstić information content (AvgIpc) is 3.92. The number of aromatic nitrogens is 1. The second-order valence-electron chi connectivity index (χ2n) is 12.3. The average molecular weight is 633 g/mol. The summed E-state index contributed by atoms with van der Waals surface area (Å²) in [4.78, 5) is 7.04. The lowest BCUT2D eigenvalue weighted by molar-refractivity contribution is 0.620. The molecule has 0 aliphatic carbocycles. The number of hydrogen-bond donors (Lipinski definition) is 0. The number of hydrogen-bond acceptors (Lipinski definition) is 6. The number of anilines is 3. The lowest BCUT2D eigenvalue weighted by atomic mass is 10.0. The van der Waals surface area contributed by atoms with Gasteiger partial charge in [0.1, 0.15) is 33.4 Å². The molecule has 11 aromatic rings. The molecule has 0 N–H and O–H groups in total. The molecular formula is C43H24N2O4. The van der Waals surface area contributed by atoms with Crippen molar-refractivity contribution in [2.75, 3.05) is 4.90 Å². The minimum Gasteiger partial charge on any atom is -0.456 e. The fraction of sp³-hybridized carbons (Fsp3) is 0. The zero-order chi connectivity index (χ0) is 32.1. The van der Waals surface area contributed by atoms with Crippen LogP contribution in [0, 0.1) is 0 Å². The molecule has 6 nitrogen and oxygen atoms in total. The zero-order valence-corrected chi connectivity index (χ0v) is 25.9. The summed E-state index contributed by atoms with van der Waals surface area (Å²) in [7, 11) is 0. The maximum atomic E-state index is 6.57. The molecule has 0 unspecified atom stereocenters. The van der Waals surface area contributed by atoms with E-state index in [0.29, 0.717) is 5.89 Å². The Hall–Kier alpha value is -6.79. The summed E-state index contributed by atoms with van der Waals surface area (Å²) in [5, 5.41) is 6.20. The molecule has 11 rings (SSSR count). The molecule has 0 aliphatic rings. The number of rotatable bonds is 4. The van der Waals surface area contributed by atoms with Gasteiger partial charge in [0.2, 0.25) is 5.89 Å². The van der Waals surface area contributed by atoms with Gasteiger partial charge < -0.3 is 22.6 Å². The molecule has 6 heteroatoms. The largest absolute Gasteiger partial charge is 0.456 e. The van der Waals surface area contributed by atoms with Crippen molar-refractivity contribution >= 4 is 94.0 Å². The molecular weight excluding hydrogens is 608 g/mol. The Morgan fingerprint density at radius 2 is 1.06 bits per heavy atom. The van der Waals surface area contributed by atoms with E-state index >= 15 is 0 Å². The van der Waals surface area contributed by atoms with E-state index in [0.717, 1.165) is 99.5 Å². The second kappa shape index (κ2) is 9.86. The molecule has 0 aliphatic heterocycles. The highest BCUT2D eigenvalue weighted by molar-refractivity contribution is 6.14. The zero-order valence-electron chi connectivity index (χ0n) is 25.9. The molecule has 0 fully saturated rings. The molecule has 0 saturated heterocycles. The van der Waals surface area contributed by atoms with Crippen LogP contribution in [0.3, 0.4) is 0 Å². The molecule has 0 amide bonds. The van der Waals surface area contributed by atoms with E-state index in [1.807, 2.05) is 84.9 Å². The van der Waals surface area contributed by atoms with Gasteiger partial charge in [-0.25, -0.2) is 4.98 Å². The second-order valence-corrected chi connectivity index (χ2v) is 12.3. The Morgan fingerprint density at radius 3 is 1.94 bits per heavy atom. The van der Waals surface area contributed by atoms with E-state index in [1.165, 1.54) is 0 Å². The Morgan fingerprint density at radius 1 is 0.408 bits per heavy atom. The predicted octanol–water partition coefficient (Wildman–Crippen LogP) is 12.7. The van der Waals surface area contributed by atoms with Crippen molar-refractivity contribution in [3.63, 3.8) is 0 Å². The van der Waals surface area contributed by atoms with Crippen LogP contribution in [0.25, 0.3) is 88.4 Å². The molecule has 49 heavy (non-hydrogen) atoms. The summed E-state index contributed by atoms with van der Waals surface area (Å²) >= 11 is 0. The maximum Gasteiger partial charge on any atom is 0.228 e. The van der Waals surface area contributed by atoms with Gasteiger partial charge in [0.25, 0.3) is 0 Å². The first-order chi connectivity index (χ1) is 24.3. The van der Waals surface area contributed by atoms with E-state index in [4.69, 9.17) is 22.7 Å². The van der Waals surface area contributed by atoms with Gasteiger partial charge in [-0.2, -0.15) is 0 Å². The molecule has 7 aromatic carbocycles. The highest BCUT2D eigenvalue weighted by Gasteiger charge is 2.23. The topological polar surface area (TPSA) is 68.7 Å². The number of nitrogens with zero attached hydrogens (tertiary/aromatic N) is 2. The molecule has 0 atom stereocenters. The lowest BCUT2D eigenvalue weighted by Gasteiger charge is -2.25. The molecule has 0 saturated carbocycles. The number of oxazole rings is 1.